The topological polar surface area (TPSA) is 67.4 Å². The van der Waals surface area contributed by atoms with E-state index < -0.39 is 0 Å². The van der Waals surface area contributed by atoms with Crippen molar-refractivity contribution in [3.8, 4) is 11.1 Å². The molecule has 3 aromatic rings. The van der Waals surface area contributed by atoms with Gasteiger partial charge in [-0.3, -0.25) is 14.8 Å². The van der Waals surface area contributed by atoms with Crippen molar-refractivity contribution >= 4 is 17.3 Å². The first-order valence-corrected chi connectivity index (χ1v) is 12.8. The summed E-state index contributed by atoms with van der Waals surface area (Å²) < 4.78 is 5.83. The van der Waals surface area contributed by atoms with Crippen LogP contribution in [0.5, 0.6) is 0 Å². The maximum Gasteiger partial charge on any atom is 0.255 e. The van der Waals surface area contributed by atoms with Gasteiger partial charge in [0.05, 0.1) is 30.6 Å². The molecule has 1 amide bonds. The highest BCUT2D eigenvalue weighted by atomic mass is 16.5. The third-order valence-corrected chi connectivity index (χ3v) is 7.51. The summed E-state index contributed by atoms with van der Waals surface area (Å²) in [6.45, 7) is 15.4. The van der Waals surface area contributed by atoms with Crippen LogP contribution in [0.4, 0.5) is 11.4 Å². The third-order valence-electron chi connectivity index (χ3n) is 7.51. The molecule has 0 aliphatic carbocycles. The number of rotatable bonds is 3. The first kappa shape index (κ1) is 24.4. The van der Waals surface area contributed by atoms with E-state index in [0.717, 1.165) is 59.9 Å². The van der Waals surface area contributed by atoms with Crippen LogP contribution < -0.4 is 10.2 Å². The molecule has 36 heavy (non-hydrogen) atoms. The summed E-state index contributed by atoms with van der Waals surface area (Å²) in [6, 6.07) is 12.3. The molecule has 4 heterocycles. The minimum absolute atomic E-state index is 0.113. The minimum Gasteiger partial charge on any atom is -0.377 e. The van der Waals surface area contributed by atoms with Gasteiger partial charge in [0.15, 0.2) is 0 Å². The maximum atomic E-state index is 13.1. The molecule has 2 aromatic heterocycles. The number of pyridine rings is 2. The van der Waals surface area contributed by atoms with Crippen molar-refractivity contribution in [1.82, 2.24) is 9.97 Å². The summed E-state index contributed by atoms with van der Waals surface area (Å²) in [7, 11) is 0. The number of anilines is 2. The average Bonchev–Trinajstić information content (AvgIpc) is 2.84. The van der Waals surface area contributed by atoms with E-state index in [0.29, 0.717) is 11.6 Å². The molecule has 1 N–H and O–H groups in total. The minimum atomic E-state index is -0.139. The van der Waals surface area contributed by atoms with Crippen molar-refractivity contribution in [2.45, 2.75) is 59.4 Å². The van der Waals surface area contributed by atoms with Crippen LogP contribution in [-0.4, -0.2) is 41.7 Å². The molecule has 0 spiro atoms. The summed E-state index contributed by atoms with van der Waals surface area (Å²) >= 11 is 0. The molecule has 2 aliphatic rings. The van der Waals surface area contributed by atoms with Gasteiger partial charge in [0.2, 0.25) is 0 Å². The molecule has 6 nitrogen and oxygen atoms in total. The van der Waals surface area contributed by atoms with Gasteiger partial charge in [0.25, 0.3) is 5.91 Å². The Morgan fingerprint density at radius 1 is 1.14 bits per heavy atom. The summed E-state index contributed by atoms with van der Waals surface area (Å²) in [5, 5.41) is 3.08. The van der Waals surface area contributed by atoms with Gasteiger partial charge >= 0.3 is 0 Å². The van der Waals surface area contributed by atoms with E-state index in [2.05, 4.69) is 68.9 Å². The number of carbonyl (C=O) groups excluding carboxylic acids is 1. The van der Waals surface area contributed by atoms with Crippen molar-refractivity contribution in [1.29, 1.82) is 0 Å². The van der Waals surface area contributed by atoms with Crippen molar-refractivity contribution in [3.05, 3.63) is 71.3 Å². The Morgan fingerprint density at radius 3 is 2.72 bits per heavy atom. The van der Waals surface area contributed by atoms with Gasteiger partial charge in [-0.1, -0.05) is 40.7 Å². The van der Waals surface area contributed by atoms with Crippen LogP contribution in [0.25, 0.3) is 11.1 Å². The Labute approximate surface area is 214 Å². The van der Waals surface area contributed by atoms with E-state index in [9.17, 15) is 4.79 Å². The molecular formula is C30H36N4O2. The van der Waals surface area contributed by atoms with Crippen molar-refractivity contribution in [2.75, 3.05) is 30.0 Å². The Kier molecular flexibility index (Phi) is 6.11. The fourth-order valence-electron chi connectivity index (χ4n) is 5.30. The predicted molar refractivity (Wildman–Crippen MR) is 145 cm³/mol. The molecule has 1 saturated heterocycles. The molecule has 1 aromatic carbocycles. The van der Waals surface area contributed by atoms with Gasteiger partial charge in [0, 0.05) is 46.9 Å². The SMILES string of the molecule is Cc1ccc(NC(=O)c2ccnc(C(C)(C)C)c2)cc1-c1cnc2c(c1)N1CCOC[C@H]1C(C)(C)C2. The van der Waals surface area contributed by atoms with Gasteiger partial charge in [-0.2, -0.15) is 0 Å². The maximum absolute atomic E-state index is 13.1. The van der Waals surface area contributed by atoms with Crippen molar-refractivity contribution in [2.24, 2.45) is 5.41 Å². The number of benzene rings is 1. The lowest BCUT2D eigenvalue weighted by Crippen LogP contribution is -2.56. The zero-order valence-corrected chi connectivity index (χ0v) is 22.2. The molecule has 0 radical (unpaired) electrons. The first-order chi connectivity index (χ1) is 17.0. The molecule has 188 valence electrons. The lowest BCUT2D eigenvalue weighted by atomic mass is 9.75. The number of hydrogen-bond donors (Lipinski definition) is 1. The van der Waals surface area contributed by atoms with Crippen LogP contribution in [-0.2, 0) is 16.6 Å². The normalized spacial score (nSPS) is 18.8. The number of carbonyl (C=O) groups is 1. The van der Waals surface area contributed by atoms with E-state index in [4.69, 9.17) is 9.72 Å². The van der Waals surface area contributed by atoms with Gasteiger partial charge < -0.3 is 15.0 Å². The number of ether oxygens (including phenoxy) is 1. The number of nitrogens with zero attached hydrogens (tertiary/aromatic N) is 3. The number of aryl methyl sites for hydroxylation is 1. The average molecular weight is 485 g/mol. The fourth-order valence-corrected chi connectivity index (χ4v) is 5.30. The lowest BCUT2D eigenvalue weighted by molar-refractivity contribution is 0.0485. The molecule has 1 atom stereocenters. The standard InChI is InChI=1S/C30H36N4O2/c1-19-7-8-22(33-28(35)20-9-10-31-26(14-20)29(2,3)4)15-23(19)21-13-25-24(32-17-21)16-30(5,6)27-18-36-12-11-34(25)27/h7-10,13-15,17,27H,11-12,16,18H2,1-6H3,(H,33,35)/t27-/m0/s1. The highest BCUT2D eigenvalue weighted by Crippen LogP contribution is 2.43. The third kappa shape index (κ3) is 4.62. The predicted octanol–water partition coefficient (Wildman–Crippen LogP) is 5.79. The van der Waals surface area contributed by atoms with E-state index in [1.165, 1.54) is 5.69 Å². The van der Waals surface area contributed by atoms with E-state index >= 15 is 0 Å². The quantitative estimate of drug-likeness (QED) is 0.510. The van der Waals surface area contributed by atoms with Crippen molar-refractivity contribution in [3.63, 3.8) is 0 Å². The van der Waals surface area contributed by atoms with Crippen LogP contribution >= 0.6 is 0 Å². The van der Waals surface area contributed by atoms with Gasteiger partial charge in [0.1, 0.15) is 0 Å². The highest BCUT2D eigenvalue weighted by Gasteiger charge is 2.42. The highest BCUT2D eigenvalue weighted by molar-refractivity contribution is 6.04. The van der Waals surface area contributed by atoms with Crippen LogP contribution in [0.15, 0.2) is 48.8 Å². The monoisotopic (exact) mass is 484 g/mol. The second-order valence-electron chi connectivity index (χ2n) is 11.8. The number of fused-ring (bicyclic) bond motifs is 3. The van der Waals surface area contributed by atoms with Crippen LogP contribution in [0, 0.1) is 12.3 Å². The number of hydrogen-bond acceptors (Lipinski definition) is 5. The first-order valence-electron chi connectivity index (χ1n) is 12.8. The van der Waals surface area contributed by atoms with E-state index in [1.807, 2.05) is 24.4 Å². The fraction of sp³-hybridized carbons (Fsp3) is 0.433. The zero-order chi connectivity index (χ0) is 25.7. The largest absolute Gasteiger partial charge is 0.377 e. The Hall–Kier alpha value is -3.25. The van der Waals surface area contributed by atoms with E-state index in [1.54, 1.807) is 12.3 Å². The molecule has 5 rings (SSSR count). The molecule has 6 heteroatoms. The second kappa shape index (κ2) is 9.00. The lowest BCUT2D eigenvalue weighted by Gasteiger charge is -2.50. The number of aromatic nitrogens is 2. The Balaban J connectivity index is 1.44. The molecular weight excluding hydrogens is 448 g/mol. The van der Waals surface area contributed by atoms with Crippen molar-refractivity contribution < 1.29 is 9.53 Å². The van der Waals surface area contributed by atoms with E-state index in [-0.39, 0.29) is 16.7 Å². The molecule has 0 saturated carbocycles. The smallest absolute Gasteiger partial charge is 0.255 e. The number of morpholine rings is 1. The molecule has 0 unspecified atom stereocenters. The molecule has 0 bridgehead atoms. The van der Waals surface area contributed by atoms with Crippen LogP contribution in [0.2, 0.25) is 0 Å². The summed E-state index contributed by atoms with van der Waals surface area (Å²) in [5.74, 6) is -0.139. The summed E-state index contributed by atoms with van der Waals surface area (Å²) in [5.41, 5.74) is 7.88. The summed E-state index contributed by atoms with van der Waals surface area (Å²) in [4.78, 5) is 24.9. The molecule has 1 fully saturated rings. The second-order valence-corrected chi connectivity index (χ2v) is 11.8. The zero-order valence-electron chi connectivity index (χ0n) is 22.2. The number of nitrogens with one attached hydrogen (secondary N) is 1. The molecule has 2 aliphatic heterocycles. The van der Waals surface area contributed by atoms with Gasteiger partial charge in [-0.25, -0.2) is 0 Å². The number of amides is 1. The Morgan fingerprint density at radius 2 is 1.94 bits per heavy atom. The summed E-state index contributed by atoms with van der Waals surface area (Å²) in [6.07, 6.45) is 4.61. The Bertz CT molecular complexity index is 1310. The van der Waals surface area contributed by atoms with Crippen LogP contribution in [0.1, 0.15) is 61.9 Å². The van der Waals surface area contributed by atoms with Crippen LogP contribution in [0.3, 0.4) is 0 Å². The van der Waals surface area contributed by atoms with Gasteiger partial charge in [-0.05, 0) is 60.2 Å². The van der Waals surface area contributed by atoms with Gasteiger partial charge in [-0.15, -0.1) is 0 Å².